The molecule has 0 amide bonds. The maximum Gasteiger partial charge on any atom is 0.0594 e. The van der Waals surface area contributed by atoms with E-state index in [1.807, 2.05) is 0 Å². The van der Waals surface area contributed by atoms with Crippen molar-refractivity contribution >= 4 is 7.26 Å². The van der Waals surface area contributed by atoms with E-state index in [0.717, 1.165) is 0 Å². The lowest BCUT2D eigenvalue weighted by Gasteiger charge is -2.28. The second kappa shape index (κ2) is 27.0. The third kappa shape index (κ3) is 22.6. The average Bonchev–Trinajstić information content (AvgIpc) is 2.82. The molecular formula is C32H68P+. The Morgan fingerprint density at radius 2 is 0.424 bits per heavy atom. The standard InChI is InChI=1S/C32H68P/c1-5-9-13-16-19-22-26-30-33(29-25-12-8-4,31-27-23-20-17-14-10-6-2)32-28-24-21-18-15-11-7-3/h5-32H2,1-4H3/q+1. The van der Waals surface area contributed by atoms with Gasteiger partial charge < -0.3 is 0 Å². The van der Waals surface area contributed by atoms with Crippen molar-refractivity contribution in [2.45, 2.75) is 182 Å². The topological polar surface area (TPSA) is 0 Å². The Balaban J connectivity index is 4.61. The van der Waals surface area contributed by atoms with Gasteiger partial charge in [-0.25, -0.2) is 0 Å². The molecule has 0 bridgehead atoms. The van der Waals surface area contributed by atoms with Crippen LogP contribution in [0.1, 0.15) is 182 Å². The largest absolute Gasteiger partial charge is 0.0654 e. The molecule has 0 aliphatic carbocycles. The minimum atomic E-state index is -0.710. The molecule has 0 saturated heterocycles. The van der Waals surface area contributed by atoms with Gasteiger partial charge in [0, 0.05) is 7.26 Å². The van der Waals surface area contributed by atoms with Gasteiger partial charge in [-0.15, -0.1) is 0 Å². The monoisotopic (exact) mass is 484 g/mol. The Kier molecular flexibility index (Phi) is 27.4. The molecule has 0 fully saturated rings. The van der Waals surface area contributed by atoms with Crippen molar-refractivity contribution in [3.63, 3.8) is 0 Å². The smallest absolute Gasteiger partial charge is 0.0594 e. The summed E-state index contributed by atoms with van der Waals surface area (Å²) in [6.07, 6.45) is 42.1. The van der Waals surface area contributed by atoms with E-state index in [9.17, 15) is 0 Å². The van der Waals surface area contributed by atoms with E-state index in [2.05, 4.69) is 27.7 Å². The fourth-order valence-electron chi connectivity index (χ4n) is 5.58. The normalized spacial score (nSPS) is 12.0. The Morgan fingerprint density at radius 1 is 0.242 bits per heavy atom. The van der Waals surface area contributed by atoms with Crippen LogP contribution in [-0.4, -0.2) is 24.6 Å². The second-order valence-electron chi connectivity index (χ2n) is 11.3. The molecule has 0 saturated carbocycles. The van der Waals surface area contributed by atoms with Crippen molar-refractivity contribution in [2.24, 2.45) is 0 Å². The number of rotatable bonds is 28. The molecular weight excluding hydrogens is 415 g/mol. The zero-order chi connectivity index (χ0) is 24.3. The van der Waals surface area contributed by atoms with E-state index >= 15 is 0 Å². The molecule has 0 aliphatic rings. The molecule has 0 atom stereocenters. The molecule has 200 valence electrons. The van der Waals surface area contributed by atoms with Crippen molar-refractivity contribution in [3.8, 4) is 0 Å². The first-order valence-electron chi connectivity index (χ1n) is 16.1. The summed E-state index contributed by atoms with van der Waals surface area (Å²) in [7, 11) is -0.710. The summed E-state index contributed by atoms with van der Waals surface area (Å²) >= 11 is 0. The predicted octanol–water partition coefficient (Wildman–Crippen LogP) is 12.4. The predicted molar refractivity (Wildman–Crippen MR) is 160 cm³/mol. The molecule has 0 aromatic rings. The summed E-state index contributed by atoms with van der Waals surface area (Å²) in [6.45, 7) is 9.40. The first-order chi connectivity index (χ1) is 16.2. The Labute approximate surface area is 213 Å². The van der Waals surface area contributed by atoms with Crippen molar-refractivity contribution in [3.05, 3.63) is 0 Å². The zero-order valence-corrected chi connectivity index (χ0v) is 25.1. The molecule has 0 aromatic heterocycles. The summed E-state index contributed by atoms with van der Waals surface area (Å²) in [4.78, 5) is 0. The Morgan fingerprint density at radius 3 is 0.697 bits per heavy atom. The molecule has 0 spiro atoms. The van der Waals surface area contributed by atoms with E-state index in [0.29, 0.717) is 0 Å². The maximum absolute atomic E-state index is 2.39. The minimum absolute atomic E-state index is 0.710. The van der Waals surface area contributed by atoms with Gasteiger partial charge >= 0.3 is 0 Å². The van der Waals surface area contributed by atoms with Crippen molar-refractivity contribution in [1.29, 1.82) is 0 Å². The van der Waals surface area contributed by atoms with Crippen LogP contribution in [0.25, 0.3) is 0 Å². The summed E-state index contributed by atoms with van der Waals surface area (Å²) < 4.78 is 0. The molecule has 33 heavy (non-hydrogen) atoms. The molecule has 0 heterocycles. The maximum atomic E-state index is 2.39. The first kappa shape index (κ1) is 33.4. The lowest BCUT2D eigenvalue weighted by atomic mass is 10.1. The molecule has 0 rings (SSSR count). The highest BCUT2D eigenvalue weighted by Crippen LogP contribution is 2.61. The van der Waals surface area contributed by atoms with Crippen LogP contribution in [0.15, 0.2) is 0 Å². The third-order valence-electron chi connectivity index (χ3n) is 7.94. The van der Waals surface area contributed by atoms with Crippen LogP contribution in [-0.2, 0) is 0 Å². The molecule has 0 unspecified atom stereocenters. The van der Waals surface area contributed by atoms with Gasteiger partial charge in [-0.2, -0.15) is 0 Å². The van der Waals surface area contributed by atoms with Crippen LogP contribution in [0, 0.1) is 0 Å². The van der Waals surface area contributed by atoms with Crippen molar-refractivity contribution in [2.75, 3.05) is 24.6 Å². The van der Waals surface area contributed by atoms with Gasteiger partial charge in [0.1, 0.15) is 0 Å². The highest BCUT2D eigenvalue weighted by molar-refractivity contribution is 7.75. The van der Waals surface area contributed by atoms with Crippen LogP contribution < -0.4 is 0 Å². The minimum Gasteiger partial charge on any atom is -0.0654 e. The van der Waals surface area contributed by atoms with Gasteiger partial charge in [0.15, 0.2) is 0 Å². The quantitative estimate of drug-likeness (QED) is 0.0766. The first-order valence-corrected chi connectivity index (χ1v) is 18.6. The van der Waals surface area contributed by atoms with Crippen molar-refractivity contribution < 1.29 is 0 Å². The number of unbranched alkanes of at least 4 members (excludes halogenated alkanes) is 20. The van der Waals surface area contributed by atoms with Crippen LogP contribution >= 0.6 is 7.26 Å². The third-order valence-corrected chi connectivity index (χ3v) is 13.0. The van der Waals surface area contributed by atoms with Gasteiger partial charge in [0.25, 0.3) is 0 Å². The van der Waals surface area contributed by atoms with E-state index in [-0.39, 0.29) is 0 Å². The molecule has 0 aliphatic heterocycles. The number of hydrogen-bond acceptors (Lipinski definition) is 0. The summed E-state index contributed by atoms with van der Waals surface area (Å²) in [6, 6.07) is 0. The van der Waals surface area contributed by atoms with Crippen LogP contribution in [0.2, 0.25) is 0 Å². The van der Waals surface area contributed by atoms with E-state index in [4.69, 9.17) is 0 Å². The summed E-state index contributed by atoms with van der Waals surface area (Å²) in [5.74, 6) is 0. The highest BCUT2D eigenvalue weighted by Gasteiger charge is 2.34. The van der Waals surface area contributed by atoms with Crippen LogP contribution in [0.5, 0.6) is 0 Å². The second-order valence-corrected chi connectivity index (χ2v) is 15.8. The SMILES string of the molecule is CCCCCCCCC[P+](CCCCC)(CCCCCCCCC)CCCCCCCCC. The molecule has 0 nitrogen and oxygen atoms in total. The van der Waals surface area contributed by atoms with Gasteiger partial charge in [-0.3, -0.25) is 0 Å². The molecule has 0 N–H and O–H groups in total. The van der Waals surface area contributed by atoms with E-state index in [1.54, 1.807) is 43.9 Å². The van der Waals surface area contributed by atoms with Gasteiger partial charge in [-0.1, -0.05) is 137 Å². The fourth-order valence-corrected chi connectivity index (χ4v) is 10.5. The lowest BCUT2D eigenvalue weighted by molar-refractivity contribution is 0.594. The van der Waals surface area contributed by atoms with Crippen LogP contribution in [0.4, 0.5) is 0 Å². The molecule has 1 heteroatoms. The van der Waals surface area contributed by atoms with Gasteiger partial charge in [0.2, 0.25) is 0 Å². The molecule has 0 aromatic carbocycles. The van der Waals surface area contributed by atoms with E-state index < -0.39 is 7.26 Å². The van der Waals surface area contributed by atoms with Crippen molar-refractivity contribution in [1.82, 2.24) is 0 Å². The van der Waals surface area contributed by atoms with E-state index in [1.165, 1.54) is 135 Å². The van der Waals surface area contributed by atoms with Crippen LogP contribution in [0.3, 0.4) is 0 Å². The van der Waals surface area contributed by atoms with Gasteiger partial charge in [0.05, 0.1) is 24.6 Å². The zero-order valence-electron chi connectivity index (χ0n) is 24.2. The number of hydrogen-bond donors (Lipinski definition) is 0. The average molecular weight is 484 g/mol. The Hall–Kier alpha value is 0.430. The summed E-state index contributed by atoms with van der Waals surface area (Å²) in [5, 5.41) is 0. The Bertz CT molecular complexity index is 305. The lowest BCUT2D eigenvalue weighted by Crippen LogP contribution is -2.13. The summed E-state index contributed by atoms with van der Waals surface area (Å²) in [5.41, 5.74) is 0. The molecule has 0 radical (unpaired) electrons. The highest BCUT2D eigenvalue weighted by atomic mass is 31.2. The van der Waals surface area contributed by atoms with Gasteiger partial charge in [-0.05, 0) is 44.9 Å². The fraction of sp³-hybridized carbons (Fsp3) is 1.00.